The molecule has 3 rings (SSSR count). The molecule has 0 N–H and O–H groups in total. The molecule has 0 saturated carbocycles. The molecule has 0 unspecified atom stereocenters. The molecule has 2 nitrogen and oxygen atoms in total. The monoisotopic (exact) mass is 266 g/mol. The topological polar surface area (TPSA) is 17.8 Å². The van der Waals surface area contributed by atoms with Crippen molar-refractivity contribution < 1.29 is 0 Å². The summed E-state index contributed by atoms with van der Waals surface area (Å²) in [4.78, 5) is 4.70. The number of benzene rings is 2. The van der Waals surface area contributed by atoms with Crippen molar-refractivity contribution in [1.82, 2.24) is 9.55 Å². The Morgan fingerprint density at radius 2 is 1.53 bits per heavy atom. The molecule has 0 atom stereocenters. The lowest BCUT2D eigenvalue weighted by atomic mass is 10.2. The zero-order valence-corrected chi connectivity index (χ0v) is 11.5. The van der Waals surface area contributed by atoms with Gasteiger partial charge in [-0.1, -0.05) is 60.3 Å². The molecule has 1 heterocycles. The van der Waals surface area contributed by atoms with Gasteiger partial charge in [0.05, 0.1) is 5.69 Å². The van der Waals surface area contributed by atoms with E-state index < -0.39 is 0 Å². The smallest absolute Gasteiger partial charge is 0.172 e. The molecular formula is C16H14N2S. The third-order valence-corrected chi connectivity index (χ3v) is 3.61. The van der Waals surface area contributed by atoms with Crippen molar-refractivity contribution in [3.8, 4) is 16.9 Å². The summed E-state index contributed by atoms with van der Waals surface area (Å²) in [5.74, 6) is 0. The van der Waals surface area contributed by atoms with Crippen LogP contribution in [-0.2, 0) is 0 Å². The second-order valence-electron chi connectivity index (χ2n) is 4.18. The van der Waals surface area contributed by atoms with Crippen LogP contribution in [-0.4, -0.2) is 15.8 Å². The summed E-state index contributed by atoms with van der Waals surface area (Å²) in [5, 5.41) is 1.00. The van der Waals surface area contributed by atoms with Crippen LogP contribution in [0.2, 0.25) is 0 Å². The zero-order valence-electron chi connectivity index (χ0n) is 10.7. The summed E-state index contributed by atoms with van der Waals surface area (Å²) < 4.78 is 2.13. The summed E-state index contributed by atoms with van der Waals surface area (Å²) in [6.07, 6.45) is 4.15. The second-order valence-corrected chi connectivity index (χ2v) is 4.96. The zero-order chi connectivity index (χ0) is 13.1. The lowest BCUT2D eigenvalue weighted by Crippen LogP contribution is -1.93. The molecule has 0 aliphatic rings. The molecule has 0 bridgehead atoms. The maximum Gasteiger partial charge on any atom is 0.172 e. The highest BCUT2D eigenvalue weighted by molar-refractivity contribution is 7.98. The third-order valence-electron chi connectivity index (χ3n) is 2.96. The predicted molar refractivity (Wildman–Crippen MR) is 80.8 cm³/mol. The van der Waals surface area contributed by atoms with Gasteiger partial charge in [-0.3, -0.25) is 4.57 Å². The lowest BCUT2D eigenvalue weighted by Gasteiger charge is -2.04. The van der Waals surface area contributed by atoms with Crippen LogP contribution in [0.4, 0.5) is 0 Å². The molecule has 1 aromatic heterocycles. The van der Waals surface area contributed by atoms with Crippen LogP contribution in [0.15, 0.2) is 72.0 Å². The van der Waals surface area contributed by atoms with E-state index in [2.05, 4.69) is 41.3 Å². The molecule has 3 heteroatoms. The highest BCUT2D eigenvalue weighted by Crippen LogP contribution is 2.25. The maximum atomic E-state index is 4.70. The molecule has 0 aliphatic carbocycles. The summed E-state index contributed by atoms with van der Waals surface area (Å²) in [5.41, 5.74) is 3.29. The first-order chi connectivity index (χ1) is 9.38. The van der Waals surface area contributed by atoms with Gasteiger partial charge in [0.15, 0.2) is 5.16 Å². The van der Waals surface area contributed by atoms with Gasteiger partial charge in [0, 0.05) is 17.4 Å². The molecule has 94 valence electrons. The van der Waals surface area contributed by atoms with Gasteiger partial charge in [0.25, 0.3) is 0 Å². The molecule has 0 saturated heterocycles. The van der Waals surface area contributed by atoms with Crippen LogP contribution in [0.1, 0.15) is 0 Å². The van der Waals surface area contributed by atoms with Crippen molar-refractivity contribution in [1.29, 1.82) is 0 Å². The van der Waals surface area contributed by atoms with Crippen molar-refractivity contribution in [2.45, 2.75) is 5.16 Å². The average molecular weight is 266 g/mol. The van der Waals surface area contributed by atoms with Gasteiger partial charge in [-0.05, 0) is 18.4 Å². The van der Waals surface area contributed by atoms with Crippen LogP contribution < -0.4 is 0 Å². The molecule has 0 spiro atoms. The molecule has 2 aromatic carbocycles. The van der Waals surface area contributed by atoms with Crippen molar-refractivity contribution in [2.75, 3.05) is 6.26 Å². The molecule has 19 heavy (non-hydrogen) atoms. The minimum Gasteiger partial charge on any atom is -0.294 e. The Morgan fingerprint density at radius 1 is 0.895 bits per heavy atom. The summed E-state index contributed by atoms with van der Waals surface area (Å²) in [6.45, 7) is 0. The van der Waals surface area contributed by atoms with Crippen molar-refractivity contribution in [3.05, 3.63) is 66.9 Å². The van der Waals surface area contributed by atoms with Gasteiger partial charge in [-0.15, -0.1) is 0 Å². The van der Waals surface area contributed by atoms with Gasteiger partial charge in [0.1, 0.15) is 0 Å². The Bertz CT molecular complexity index is 660. The first-order valence-electron chi connectivity index (χ1n) is 6.13. The third kappa shape index (κ3) is 2.42. The lowest BCUT2D eigenvalue weighted by molar-refractivity contribution is 0.898. The minimum absolute atomic E-state index is 1.00. The molecule has 0 fully saturated rings. The first kappa shape index (κ1) is 12.1. The molecule has 0 radical (unpaired) electrons. The number of hydrogen-bond acceptors (Lipinski definition) is 2. The van der Waals surface area contributed by atoms with E-state index >= 15 is 0 Å². The molecular weight excluding hydrogens is 252 g/mol. The van der Waals surface area contributed by atoms with Crippen molar-refractivity contribution in [3.63, 3.8) is 0 Å². The fraction of sp³-hybridized carbons (Fsp3) is 0.0625. The van der Waals surface area contributed by atoms with E-state index in [0.717, 1.165) is 22.1 Å². The molecule has 0 amide bonds. The molecule has 3 aromatic rings. The number of hydrogen-bond donors (Lipinski definition) is 0. The van der Waals surface area contributed by atoms with E-state index in [-0.39, 0.29) is 0 Å². The second kappa shape index (κ2) is 5.33. The number of thioether (sulfide) groups is 1. The Kier molecular flexibility index (Phi) is 3.38. The standard InChI is InChI=1S/C16H14N2S/c1-19-16-17-15(13-8-4-2-5-9-13)12-18(16)14-10-6-3-7-11-14/h2-12H,1H3. The highest BCUT2D eigenvalue weighted by atomic mass is 32.2. The van der Waals surface area contributed by atoms with E-state index in [1.165, 1.54) is 0 Å². The predicted octanol–water partition coefficient (Wildman–Crippen LogP) is 4.26. The SMILES string of the molecule is CSc1nc(-c2ccccc2)cn1-c1ccccc1. The van der Waals surface area contributed by atoms with Gasteiger partial charge in [0.2, 0.25) is 0 Å². The summed E-state index contributed by atoms with van der Waals surface area (Å²) in [6, 6.07) is 20.6. The van der Waals surface area contributed by atoms with E-state index in [0.29, 0.717) is 0 Å². The number of imidazole rings is 1. The minimum atomic E-state index is 1.00. The van der Waals surface area contributed by atoms with Crippen LogP contribution in [0.5, 0.6) is 0 Å². The Labute approximate surface area is 117 Å². The summed E-state index contributed by atoms with van der Waals surface area (Å²) >= 11 is 1.66. The Morgan fingerprint density at radius 3 is 2.16 bits per heavy atom. The van der Waals surface area contributed by atoms with Crippen LogP contribution in [0.25, 0.3) is 16.9 Å². The number of rotatable bonds is 3. The van der Waals surface area contributed by atoms with Crippen LogP contribution >= 0.6 is 11.8 Å². The van der Waals surface area contributed by atoms with Gasteiger partial charge >= 0.3 is 0 Å². The normalized spacial score (nSPS) is 10.6. The largest absolute Gasteiger partial charge is 0.294 e. The summed E-state index contributed by atoms with van der Waals surface area (Å²) in [7, 11) is 0. The van der Waals surface area contributed by atoms with Crippen molar-refractivity contribution in [2.24, 2.45) is 0 Å². The molecule has 0 aliphatic heterocycles. The van der Waals surface area contributed by atoms with E-state index in [9.17, 15) is 0 Å². The Hall–Kier alpha value is -2.00. The van der Waals surface area contributed by atoms with Crippen LogP contribution in [0, 0.1) is 0 Å². The number of aromatic nitrogens is 2. The number of para-hydroxylation sites is 1. The van der Waals surface area contributed by atoms with Gasteiger partial charge in [-0.25, -0.2) is 4.98 Å². The fourth-order valence-electron chi connectivity index (χ4n) is 2.03. The average Bonchev–Trinajstić information content (AvgIpc) is 2.93. The Balaban J connectivity index is 2.09. The van der Waals surface area contributed by atoms with Gasteiger partial charge < -0.3 is 0 Å². The van der Waals surface area contributed by atoms with Gasteiger partial charge in [-0.2, -0.15) is 0 Å². The fourth-order valence-corrected chi connectivity index (χ4v) is 2.57. The van der Waals surface area contributed by atoms with E-state index in [4.69, 9.17) is 4.98 Å². The quantitative estimate of drug-likeness (QED) is 0.659. The van der Waals surface area contributed by atoms with Crippen LogP contribution in [0.3, 0.4) is 0 Å². The highest BCUT2D eigenvalue weighted by Gasteiger charge is 2.09. The maximum absolute atomic E-state index is 4.70. The van der Waals surface area contributed by atoms with Crippen molar-refractivity contribution >= 4 is 11.8 Å². The first-order valence-corrected chi connectivity index (χ1v) is 7.35. The number of nitrogens with zero attached hydrogens (tertiary/aromatic N) is 2. The van der Waals surface area contributed by atoms with E-state index in [1.54, 1.807) is 11.8 Å². The van der Waals surface area contributed by atoms with E-state index in [1.807, 2.05) is 36.4 Å².